The Morgan fingerprint density at radius 2 is 1.68 bits per heavy atom. The number of morpholine rings is 1. The number of halogens is 1. The maximum absolute atomic E-state index is 5.52. The van der Waals surface area contributed by atoms with Gasteiger partial charge in [0.25, 0.3) is 0 Å². The third kappa shape index (κ3) is 5.37. The van der Waals surface area contributed by atoms with Crippen molar-refractivity contribution in [3.8, 4) is 11.3 Å². The van der Waals surface area contributed by atoms with Gasteiger partial charge in [0.15, 0.2) is 4.80 Å². The smallest absolute Gasteiger partial charge is 0.190 e. The number of hydrogen-bond donors (Lipinski definition) is 0. The van der Waals surface area contributed by atoms with Crippen molar-refractivity contribution in [1.82, 2.24) is 9.47 Å². The molecule has 0 amide bonds. The molecule has 0 unspecified atom stereocenters. The molecule has 1 aliphatic heterocycles. The Bertz CT molecular complexity index is 1050. The first-order chi connectivity index (χ1) is 14.9. The lowest BCUT2D eigenvalue weighted by Crippen LogP contribution is -2.39. The molecule has 0 bridgehead atoms. The average Bonchev–Trinajstić information content (AvgIpc) is 3.21. The molecule has 2 aliphatic rings. The van der Waals surface area contributed by atoms with E-state index in [0.29, 0.717) is 0 Å². The van der Waals surface area contributed by atoms with Gasteiger partial charge in [0.2, 0.25) is 0 Å². The Kier molecular flexibility index (Phi) is 7.77. The van der Waals surface area contributed by atoms with Gasteiger partial charge in [-0.1, -0.05) is 30.3 Å². The van der Waals surface area contributed by atoms with E-state index in [4.69, 9.17) is 9.73 Å². The van der Waals surface area contributed by atoms with E-state index in [0.717, 1.165) is 49.9 Å². The van der Waals surface area contributed by atoms with E-state index < -0.39 is 0 Å². The first-order valence-electron chi connectivity index (χ1n) is 11.1. The van der Waals surface area contributed by atoms with Gasteiger partial charge in [0.05, 0.1) is 24.6 Å². The van der Waals surface area contributed by atoms with Gasteiger partial charge in [-0.2, -0.15) is 0 Å². The Balaban J connectivity index is 0.00000231. The number of nitrogens with zero attached hydrogens (tertiary/aromatic N) is 3. The molecule has 1 aromatic heterocycles. The number of aryl methyl sites for hydroxylation is 2. The molecule has 3 aromatic rings. The van der Waals surface area contributed by atoms with Gasteiger partial charge in [-0.3, -0.25) is 4.90 Å². The van der Waals surface area contributed by atoms with Crippen molar-refractivity contribution in [3.63, 3.8) is 0 Å². The summed E-state index contributed by atoms with van der Waals surface area (Å²) in [5, 5.41) is 2.28. The van der Waals surface area contributed by atoms with Crippen LogP contribution in [0.1, 0.15) is 24.0 Å². The third-order valence-corrected chi connectivity index (χ3v) is 7.03. The summed E-state index contributed by atoms with van der Waals surface area (Å²) in [5.41, 5.74) is 6.69. The summed E-state index contributed by atoms with van der Waals surface area (Å²) in [6.45, 7) is 5.69. The highest BCUT2D eigenvalue weighted by Crippen LogP contribution is 2.28. The molecule has 0 atom stereocenters. The lowest BCUT2D eigenvalue weighted by molar-refractivity contribution is 0.0363. The molecule has 6 heteroatoms. The van der Waals surface area contributed by atoms with Gasteiger partial charge in [-0.15, -0.1) is 28.3 Å². The first-order valence-corrected chi connectivity index (χ1v) is 12.0. The van der Waals surface area contributed by atoms with Crippen molar-refractivity contribution in [2.24, 2.45) is 4.99 Å². The Hall–Kier alpha value is -1.73. The van der Waals surface area contributed by atoms with Crippen LogP contribution in [0.5, 0.6) is 0 Å². The van der Waals surface area contributed by atoms with Crippen molar-refractivity contribution in [3.05, 3.63) is 69.8 Å². The molecule has 1 saturated heterocycles. The fourth-order valence-corrected chi connectivity index (χ4v) is 5.39. The summed E-state index contributed by atoms with van der Waals surface area (Å²) in [4.78, 5) is 8.55. The fraction of sp³-hybridized carbons (Fsp3) is 0.400. The summed E-state index contributed by atoms with van der Waals surface area (Å²) >= 11 is 1.74. The molecule has 0 saturated carbocycles. The summed E-state index contributed by atoms with van der Waals surface area (Å²) in [5.74, 6) is 0. The maximum Gasteiger partial charge on any atom is 0.190 e. The summed E-state index contributed by atoms with van der Waals surface area (Å²) in [7, 11) is 0. The Morgan fingerprint density at radius 1 is 0.903 bits per heavy atom. The highest BCUT2D eigenvalue weighted by atomic mass is 79.9. The van der Waals surface area contributed by atoms with E-state index in [-0.39, 0.29) is 17.0 Å². The molecule has 0 spiro atoms. The highest BCUT2D eigenvalue weighted by molar-refractivity contribution is 8.93. The molecule has 1 aliphatic carbocycles. The maximum atomic E-state index is 5.52. The number of rotatable bonds is 5. The number of fused-ring (bicyclic) bond motifs is 1. The van der Waals surface area contributed by atoms with Gasteiger partial charge in [-0.25, -0.2) is 4.99 Å². The van der Waals surface area contributed by atoms with Crippen LogP contribution in [-0.4, -0.2) is 42.3 Å². The second-order valence-electron chi connectivity index (χ2n) is 8.15. The second-order valence-corrected chi connectivity index (χ2v) is 8.98. The van der Waals surface area contributed by atoms with Crippen LogP contribution in [-0.2, 0) is 24.1 Å². The lowest BCUT2D eigenvalue weighted by Gasteiger charge is -2.27. The number of ether oxygens (including phenoxy) is 1. The molecule has 31 heavy (non-hydrogen) atoms. The molecule has 4 nitrogen and oxygen atoms in total. The van der Waals surface area contributed by atoms with E-state index in [2.05, 4.69) is 57.3 Å². The van der Waals surface area contributed by atoms with Gasteiger partial charge < -0.3 is 9.30 Å². The normalized spacial score (nSPS) is 17.2. The minimum Gasteiger partial charge on any atom is -0.379 e. The number of thiazole rings is 1. The average molecular weight is 501 g/mol. The molecule has 1 fully saturated rings. The van der Waals surface area contributed by atoms with Crippen molar-refractivity contribution < 1.29 is 4.74 Å². The molecule has 2 heterocycles. The van der Waals surface area contributed by atoms with Crippen LogP contribution >= 0.6 is 28.3 Å². The third-order valence-electron chi connectivity index (χ3n) is 6.17. The van der Waals surface area contributed by atoms with Crippen LogP contribution in [0.3, 0.4) is 0 Å². The summed E-state index contributed by atoms with van der Waals surface area (Å²) in [6.07, 6.45) is 5.07. The van der Waals surface area contributed by atoms with Gasteiger partial charge >= 0.3 is 0 Å². The highest BCUT2D eigenvalue weighted by Gasteiger charge is 2.15. The largest absolute Gasteiger partial charge is 0.379 e. The number of para-hydroxylation sites is 1. The zero-order chi connectivity index (χ0) is 20.2. The molecule has 0 N–H and O–H groups in total. The quantitative estimate of drug-likeness (QED) is 0.480. The molecule has 5 rings (SSSR count). The summed E-state index contributed by atoms with van der Waals surface area (Å²) < 4.78 is 7.93. The minimum absolute atomic E-state index is 0. The topological polar surface area (TPSA) is 29.8 Å². The molecular formula is C25H30BrN3OS. The molecule has 0 radical (unpaired) electrons. The van der Waals surface area contributed by atoms with E-state index in [9.17, 15) is 0 Å². The van der Waals surface area contributed by atoms with E-state index in [1.54, 1.807) is 11.3 Å². The van der Waals surface area contributed by atoms with E-state index in [1.165, 1.54) is 48.1 Å². The van der Waals surface area contributed by atoms with Crippen molar-refractivity contribution in [1.29, 1.82) is 0 Å². The van der Waals surface area contributed by atoms with Crippen LogP contribution in [0.4, 0.5) is 5.69 Å². The number of hydrogen-bond acceptors (Lipinski definition) is 4. The molecule has 2 aromatic carbocycles. The SMILES string of the molecule is Br.c1ccc(N=c2scc(-c3ccc4c(c3)CCCC4)n2CCN2CCOCC2)cc1. The van der Waals surface area contributed by atoms with Crippen LogP contribution < -0.4 is 4.80 Å². The van der Waals surface area contributed by atoms with E-state index in [1.807, 2.05) is 6.07 Å². The van der Waals surface area contributed by atoms with Crippen molar-refractivity contribution in [2.45, 2.75) is 32.2 Å². The monoisotopic (exact) mass is 499 g/mol. The predicted octanol–water partition coefficient (Wildman–Crippen LogP) is 5.24. The van der Waals surface area contributed by atoms with Gasteiger partial charge in [-0.05, 0) is 60.6 Å². The standard InChI is InChI=1S/C25H29N3OS.BrH/c1-2-8-23(9-3-1)26-25-28(13-12-27-14-16-29-17-15-27)24(19-30-25)22-11-10-20-6-4-5-7-21(20)18-22;/h1-3,8-11,18-19H,4-7,12-17H2;1H. The lowest BCUT2D eigenvalue weighted by atomic mass is 9.90. The van der Waals surface area contributed by atoms with Crippen LogP contribution in [0.2, 0.25) is 0 Å². The fourth-order valence-electron chi connectivity index (χ4n) is 4.44. The van der Waals surface area contributed by atoms with Gasteiger partial charge in [0.1, 0.15) is 0 Å². The van der Waals surface area contributed by atoms with Crippen LogP contribution in [0, 0.1) is 0 Å². The zero-order valence-corrected chi connectivity index (χ0v) is 20.4. The Morgan fingerprint density at radius 3 is 2.48 bits per heavy atom. The van der Waals surface area contributed by atoms with Crippen molar-refractivity contribution in [2.75, 3.05) is 32.8 Å². The summed E-state index contributed by atoms with van der Waals surface area (Å²) in [6, 6.07) is 17.4. The van der Waals surface area contributed by atoms with Crippen LogP contribution in [0.25, 0.3) is 11.3 Å². The molecule has 164 valence electrons. The Labute approximate surface area is 199 Å². The second kappa shape index (κ2) is 10.7. The van der Waals surface area contributed by atoms with Crippen LogP contribution in [0.15, 0.2) is 58.9 Å². The first kappa shape index (κ1) is 22.5. The van der Waals surface area contributed by atoms with E-state index >= 15 is 0 Å². The zero-order valence-electron chi connectivity index (χ0n) is 17.8. The van der Waals surface area contributed by atoms with Gasteiger partial charge in [0, 0.05) is 31.6 Å². The number of benzene rings is 2. The predicted molar refractivity (Wildman–Crippen MR) is 134 cm³/mol. The number of aromatic nitrogens is 1. The molecular weight excluding hydrogens is 470 g/mol. The minimum atomic E-state index is 0. The van der Waals surface area contributed by atoms with Crippen molar-refractivity contribution >= 4 is 34.0 Å².